The first-order chi connectivity index (χ1) is 13.6. The summed E-state index contributed by atoms with van der Waals surface area (Å²) in [4.78, 5) is 16.5. The second-order valence-electron chi connectivity index (χ2n) is 9.85. The van der Waals surface area contributed by atoms with Crippen molar-refractivity contribution in [2.75, 3.05) is 31.1 Å². The number of likely N-dealkylation sites (tertiary alicyclic amines) is 1. The molecule has 1 saturated heterocycles. The number of carbonyl (C=O) groups excluding carboxylic acids is 1. The highest BCUT2D eigenvalue weighted by atomic mass is 19.1. The lowest BCUT2D eigenvalue weighted by Gasteiger charge is -2.43. The Hall–Kier alpha value is -1.94. The van der Waals surface area contributed by atoms with Crippen LogP contribution in [0.1, 0.15) is 52.5 Å². The lowest BCUT2D eigenvalue weighted by Crippen LogP contribution is -2.47. The van der Waals surface area contributed by atoms with Crippen molar-refractivity contribution in [1.82, 2.24) is 4.90 Å². The summed E-state index contributed by atoms with van der Waals surface area (Å²) in [5.74, 6) is 0.328. The van der Waals surface area contributed by atoms with E-state index in [1.807, 2.05) is 4.90 Å². The van der Waals surface area contributed by atoms with E-state index in [-0.39, 0.29) is 22.6 Å². The van der Waals surface area contributed by atoms with Crippen LogP contribution in [0.15, 0.2) is 42.0 Å². The minimum absolute atomic E-state index is 0.0424. The van der Waals surface area contributed by atoms with Gasteiger partial charge in [0, 0.05) is 31.1 Å². The molecule has 0 bridgehead atoms. The molecule has 1 spiro atoms. The van der Waals surface area contributed by atoms with Crippen LogP contribution in [0.2, 0.25) is 0 Å². The SMILES string of the molecule is C=C1CC=C(CN2CCC3(CC2)CN(C(C)=O)c2ccc(F)cc23)[C@H](C)C1(C)C. The van der Waals surface area contributed by atoms with Crippen molar-refractivity contribution in [3.05, 3.63) is 53.4 Å². The standard InChI is InChI=1S/C25H33FN2O/c1-17-6-7-20(18(2)24(17,4)5)15-27-12-10-25(11-13-27)16-28(19(3)29)23-9-8-21(26)14-22(23)25/h7-9,14,18H,1,6,10-13,15-16H2,2-5H3/t18-/m0/s1. The number of nitrogens with zero attached hydrogens (tertiary/aromatic N) is 2. The number of carbonyl (C=O) groups is 1. The maximum absolute atomic E-state index is 14.0. The Bertz CT molecular complexity index is 877. The molecule has 2 heterocycles. The number of allylic oxidation sites excluding steroid dienone is 2. The Morgan fingerprint density at radius 3 is 2.62 bits per heavy atom. The molecule has 0 saturated carbocycles. The van der Waals surface area contributed by atoms with Crippen molar-refractivity contribution < 1.29 is 9.18 Å². The molecule has 1 atom stereocenters. The van der Waals surface area contributed by atoms with Gasteiger partial charge in [-0.25, -0.2) is 4.39 Å². The van der Waals surface area contributed by atoms with Crippen LogP contribution in [0, 0.1) is 17.2 Å². The van der Waals surface area contributed by atoms with Crippen molar-refractivity contribution in [2.45, 2.75) is 52.4 Å². The van der Waals surface area contributed by atoms with E-state index in [0.29, 0.717) is 12.5 Å². The summed E-state index contributed by atoms with van der Waals surface area (Å²) in [6.07, 6.45) is 5.28. The van der Waals surface area contributed by atoms with Gasteiger partial charge in [-0.2, -0.15) is 0 Å². The maximum atomic E-state index is 14.0. The van der Waals surface area contributed by atoms with E-state index in [0.717, 1.165) is 50.1 Å². The minimum Gasteiger partial charge on any atom is -0.311 e. The summed E-state index contributed by atoms with van der Waals surface area (Å²) in [7, 11) is 0. The topological polar surface area (TPSA) is 23.6 Å². The maximum Gasteiger partial charge on any atom is 0.223 e. The van der Waals surface area contributed by atoms with Gasteiger partial charge in [-0.05, 0) is 67.4 Å². The van der Waals surface area contributed by atoms with Crippen LogP contribution >= 0.6 is 0 Å². The highest BCUT2D eigenvalue weighted by molar-refractivity contribution is 5.94. The number of benzene rings is 1. The molecule has 0 N–H and O–H groups in total. The molecule has 1 aliphatic carbocycles. The van der Waals surface area contributed by atoms with Crippen molar-refractivity contribution in [3.8, 4) is 0 Å². The van der Waals surface area contributed by atoms with Gasteiger partial charge in [0.25, 0.3) is 0 Å². The molecule has 0 aromatic heterocycles. The Morgan fingerprint density at radius 1 is 1.28 bits per heavy atom. The number of fused-ring (bicyclic) bond motifs is 2. The van der Waals surface area contributed by atoms with Gasteiger partial charge in [0.2, 0.25) is 5.91 Å². The predicted molar refractivity (Wildman–Crippen MR) is 117 cm³/mol. The van der Waals surface area contributed by atoms with Crippen LogP contribution in [-0.4, -0.2) is 37.0 Å². The summed E-state index contributed by atoms with van der Waals surface area (Å²) in [5, 5.41) is 0. The Morgan fingerprint density at radius 2 is 1.97 bits per heavy atom. The third-order valence-corrected chi connectivity index (χ3v) is 8.04. The first-order valence-corrected chi connectivity index (χ1v) is 10.8. The monoisotopic (exact) mass is 396 g/mol. The first-order valence-electron chi connectivity index (χ1n) is 10.8. The molecule has 1 aromatic carbocycles. The van der Waals surface area contributed by atoms with Crippen molar-refractivity contribution in [3.63, 3.8) is 0 Å². The lowest BCUT2D eigenvalue weighted by molar-refractivity contribution is -0.116. The first kappa shape index (κ1) is 20.3. The van der Waals surface area contributed by atoms with Gasteiger partial charge in [-0.15, -0.1) is 0 Å². The lowest BCUT2D eigenvalue weighted by atomic mass is 9.66. The van der Waals surface area contributed by atoms with Gasteiger partial charge >= 0.3 is 0 Å². The van der Waals surface area contributed by atoms with Gasteiger partial charge in [-0.3, -0.25) is 9.69 Å². The fourth-order valence-corrected chi connectivity index (χ4v) is 5.41. The van der Waals surface area contributed by atoms with E-state index in [2.05, 4.69) is 38.3 Å². The van der Waals surface area contributed by atoms with Crippen LogP contribution in [0.5, 0.6) is 0 Å². The smallest absolute Gasteiger partial charge is 0.223 e. The molecular formula is C25H33FN2O. The number of piperidine rings is 1. The van der Waals surface area contributed by atoms with Crippen molar-refractivity contribution >= 4 is 11.6 Å². The summed E-state index contributed by atoms with van der Waals surface area (Å²) < 4.78 is 14.0. The minimum atomic E-state index is -0.209. The molecule has 29 heavy (non-hydrogen) atoms. The summed E-state index contributed by atoms with van der Waals surface area (Å²) in [5.41, 5.74) is 4.79. The zero-order valence-corrected chi connectivity index (χ0v) is 18.2. The van der Waals surface area contributed by atoms with Gasteiger partial charge in [0.1, 0.15) is 5.82 Å². The number of hydrogen-bond donors (Lipinski definition) is 0. The zero-order valence-electron chi connectivity index (χ0n) is 18.2. The highest BCUT2D eigenvalue weighted by Gasteiger charge is 2.46. The van der Waals surface area contributed by atoms with E-state index in [1.54, 1.807) is 19.1 Å². The van der Waals surface area contributed by atoms with E-state index in [9.17, 15) is 9.18 Å². The average Bonchev–Trinajstić information content (AvgIpc) is 2.98. The third-order valence-electron chi connectivity index (χ3n) is 8.04. The quantitative estimate of drug-likeness (QED) is 0.651. The fraction of sp³-hybridized carbons (Fsp3) is 0.560. The number of amides is 1. The third kappa shape index (κ3) is 3.35. The molecule has 4 heteroatoms. The molecule has 1 amide bonds. The summed E-state index contributed by atoms with van der Waals surface area (Å²) in [6.45, 7) is 16.5. The van der Waals surface area contributed by atoms with Crippen LogP contribution in [0.25, 0.3) is 0 Å². The Labute approximate surface area is 174 Å². The normalized spacial score (nSPS) is 25.8. The van der Waals surface area contributed by atoms with Crippen molar-refractivity contribution in [2.24, 2.45) is 11.3 Å². The highest BCUT2D eigenvalue weighted by Crippen LogP contribution is 2.48. The molecule has 2 aliphatic heterocycles. The second kappa shape index (κ2) is 7.09. The van der Waals surface area contributed by atoms with E-state index in [1.165, 1.54) is 17.2 Å². The van der Waals surface area contributed by atoms with Crippen LogP contribution in [0.3, 0.4) is 0 Å². The van der Waals surface area contributed by atoms with Crippen LogP contribution < -0.4 is 4.90 Å². The number of anilines is 1. The molecular weight excluding hydrogens is 363 g/mol. The molecule has 0 unspecified atom stereocenters. The Kier molecular flexibility index (Phi) is 4.97. The Balaban J connectivity index is 1.50. The van der Waals surface area contributed by atoms with Crippen molar-refractivity contribution in [1.29, 1.82) is 0 Å². The van der Waals surface area contributed by atoms with Gasteiger partial charge in [-0.1, -0.05) is 44.6 Å². The molecule has 1 fully saturated rings. The second-order valence-corrected chi connectivity index (χ2v) is 9.85. The van der Waals surface area contributed by atoms with Crippen LogP contribution in [0.4, 0.5) is 10.1 Å². The molecule has 4 rings (SSSR count). The zero-order chi connectivity index (χ0) is 21.0. The fourth-order valence-electron chi connectivity index (χ4n) is 5.41. The number of halogens is 1. The van der Waals surface area contributed by atoms with E-state index in [4.69, 9.17) is 0 Å². The average molecular weight is 397 g/mol. The van der Waals surface area contributed by atoms with Crippen LogP contribution in [-0.2, 0) is 10.2 Å². The molecule has 1 aromatic rings. The largest absolute Gasteiger partial charge is 0.311 e. The molecule has 156 valence electrons. The molecule has 3 nitrogen and oxygen atoms in total. The summed E-state index contributed by atoms with van der Waals surface area (Å²) in [6, 6.07) is 4.90. The van der Waals surface area contributed by atoms with Gasteiger partial charge in [0.05, 0.1) is 0 Å². The number of rotatable bonds is 2. The predicted octanol–water partition coefficient (Wildman–Crippen LogP) is 5.07. The van der Waals surface area contributed by atoms with Gasteiger partial charge in [0.15, 0.2) is 0 Å². The summed E-state index contributed by atoms with van der Waals surface area (Å²) >= 11 is 0. The number of hydrogen-bond acceptors (Lipinski definition) is 2. The molecule has 0 radical (unpaired) electrons. The molecule has 3 aliphatic rings. The van der Waals surface area contributed by atoms with Gasteiger partial charge < -0.3 is 4.90 Å². The van der Waals surface area contributed by atoms with E-state index < -0.39 is 0 Å². The van der Waals surface area contributed by atoms with E-state index >= 15 is 0 Å².